The van der Waals surface area contributed by atoms with E-state index in [4.69, 9.17) is 16.3 Å². The third-order valence-corrected chi connectivity index (χ3v) is 4.81. The number of pyridine rings is 1. The van der Waals surface area contributed by atoms with Crippen LogP contribution in [-0.4, -0.2) is 16.3 Å². The third kappa shape index (κ3) is 3.45. The fourth-order valence-electron chi connectivity index (χ4n) is 3.07. The van der Waals surface area contributed by atoms with Crippen molar-refractivity contribution in [1.29, 1.82) is 0 Å². The molecule has 0 aliphatic carbocycles. The van der Waals surface area contributed by atoms with E-state index >= 15 is 4.39 Å². The molecule has 29 heavy (non-hydrogen) atoms. The number of rotatable bonds is 5. The highest BCUT2D eigenvalue weighted by atomic mass is 35.5. The van der Waals surface area contributed by atoms with Gasteiger partial charge < -0.3 is 9.72 Å². The van der Waals surface area contributed by atoms with Crippen LogP contribution in [0.3, 0.4) is 0 Å². The van der Waals surface area contributed by atoms with Gasteiger partial charge in [-0.3, -0.25) is 4.79 Å². The average Bonchev–Trinajstić information content (AvgIpc) is 3.13. The Balaban J connectivity index is 1.77. The number of hydrogen-bond donors (Lipinski definition) is 1. The quantitative estimate of drug-likeness (QED) is 0.425. The Bertz CT molecular complexity index is 1240. The van der Waals surface area contributed by atoms with Crippen LogP contribution in [0.2, 0.25) is 5.02 Å². The standard InChI is InChI=1S/C21H12ClF3N2O2/c22-15-7-13(23)2-1-11(15)10-29-17-4-3-16(24)19(20(17)25)14-5-6-26-21-18(14)12(9-28)8-27-21/h1-9H,10H2,(H,26,27). The fraction of sp³-hybridized carbons (Fsp3) is 0.0476. The number of aromatic nitrogens is 2. The second-order valence-corrected chi connectivity index (χ2v) is 6.61. The minimum absolute atomic E-state index is 0.131. The van der Waals surface area contributed by atoms with Gasteiger partial charge >= 0.3 is 0 Å². The molecule has 0 fully saturated rings. The summed E-state index contributed by atoms with van der Waals surface area (Å²) in [6.07, 6.45) is 3.38. The number of halogens is 4. The van der Waals surface area contributed by atoms with Crippen LogP contribution in [0.4, 0.5) is 13.2 Å². The molecule has 4 nitrogen and oxygen atoms in total. The monoisotopic (exact) mass is 416 g/mol. The van der Waals surface area contributed by atoms with E-state index in [0.717, 1.165) is 18.2 Å². The van der Waals surface area contributed by atoms with Crippen molar-refractivity contribution in [2.75, 3.05) is 0 Å². The summed E-state index contributed by atoms with van der Waals surface area (Å²) in [6.45, 7) is -0.142. The number of carbonyl (C=O) groups excluding carboxylic acids is 1. The Labute approximate surface area is 167 Å². The van der Waals surface area contributed by atoms with Gasteiger partial charge in [-0.25, -0.2) is 18.2 Å². The smallest absolute Gasteiger partial charge is 0.175 e. The zero-order valence-corrected chi connectivity index (χ0v) is 15.4. The van der Waals surface area contributed by atoms with E-state index in [1.807, 2.05) is 0 Å². The summed E-state index contributed by atoms with van der Waals surface area (Å²) in [5.74, 6) is -2.47. The van der Waals surface area contributed by atoms with Crippen molar-refractivity contribution < 1.29 is 22.7 Å². The van der Waals surface area contributed by atoms with Crippen molar-refractivity contribution in [2.24, 2.45) is 0 Å². The predicted octanol–water partition coefficient (Wildman–Crippen LogP) is 5.69. The molecule has 4 rings (SSSR count). The molecule has 2 aromatic heterocycles. The Morgan fingerprint density at radius 3 is 2.72 bits per heavy atom. The van der Waals surface area contributed by atoms with E-state index in [-0.39, 0.29) is 34.1 Å². The lowest BCUT2D eigenvalue weighted by molar-refractivity contribution is 0.112. The van der Waals surface area contributed by atoms with Gasteiger partial charge in [-0.05, 0) is 30.3 Å². The van der Waals surface area contributed by atoms with Crippen molar-refractivity contribution in [3.8, 4) is 16.9 Å². The summed E-state index contributed by atoms with van der Waals surface area (Å²) in [5.41, 5.74) is 0.819. The number of nitrogens with one attached hydrogen (secondary N) is 1. The molecule has 146 valence electrons. The maximum atomic E-state index is 15.2. The van der Waals surface area contributed by atoms with Crippen molar-refractivity contribution in [1.82, 2.24) is 9.97 Å². The molecule has 1 N–H and O–H groups in total. The summed E-state index contributed by atoms with van der Waals surface area (Å²) in [6, 6.07) is 7.39. The van der Waals surface area contributed by atoms with Crippen LogP contribution in [-0.2, 0) is 6.61 Å². The lowest BCUT2D eigenvalue weighted by atomic mass is 10.00. The van der Waals surface area contributed by atoms with E-state index in [9.17, 15) is 13.6 Å². The van der Waals surface area contributed by atoms with Crippen LogP contribution in [0.1, 0.15) is 15.9 Å². The highest BCUT2D eigenvalue weighted by Gasteiger charge is 2.21. The Morgan fingerprint density at radius 2 is 1.97 bits per heavy atom. The molecule has 0 radical (unpaired) electrons. The molecule has 0 amide bonds. The summed E-state index contributed by atoms with van der Waals surface area (Å²) in [4.78, 5) is 18.2. The van der Waals surface area contributed by atoms with Gasteiger partial charge in [0.2, 0.25) is 0 Å². The second kappa shape index (κ2) is 7.60. The minimum atomic E-state index is -0.936. The topological polar surface area (TPSA) is 55.0 Å². The minimum Gasteiger partial charge on any atom is -0.486 e. The maximum Gasteiger partial charge on any atom is 0.175 e. The average molecular weight is 417 g/mol. The fourth-order valence-corrected chi connectivity index (χ4v) is 3.29. The van der Waals surface area contributed by atoms with Crippen LogP contribution in [0.15, 0.2) is 48.8 Å². The first-order valence-corrected chi connectivity index (χ1v) is 8.83. The first kappa shape index (κ1) is 19.0. The van der Waals surface area contributed by atoms with Crippen LogP contribution >= 0.6 is 11.6 Å². The zero-order chi connectivity index (χ0) is 20.5. The van der Waals surface area contributed by atoms with E-state index in [2.05, 4.69) is 9.97 Å². The molecule has 0 bridgehead atoms. The molecule has 0 saturated carbocycles. The number of aromatic amines is 1. The highest BCUT2D eigenvalue weighted by molar-refractivity contribution is 6.31. The van der Waals surface area contributed by atoms with E-state index in [1.54, 1.807) is 0 Å². The number of benzene rings is 2. The number of H-pyrrole nitrogens is 1. The van der Waals surface area contributed by atoms with E-state index < -0.39 is 17.5 Å². The number of fused-ring (bicyclic) bond motifs is 1. The maximum absolute atomic E-state index is 15.2. The van der Waals surface area contributed by atoms with Gasteiger partial charge in [0.15, 0.2) is 17.9 Å². The Kier molecular flexibility index (Phi) is 4.98. The predicted molar refractivity (Wildman–Crippen MR) is 103 cm³/mol. The Hall–Kier alpha value is -3.32. The van der Waals surface area contributed by atoms with Gasteiger partial charge in [0, 0.05) is 34.5 Å². The highest BCUT2D eigenvalue weighted by Crippen LogP contribution is 2.36. The zero-order valence-electron chi connectivity index (χ0n) is 14.7. The SMILES string of the molecule is O=Cc1c[nH]c2nccc(-c3c(F)ccc(OCc4ccc(F)cc4Cl)c3F)c12. The van der Waals surface area contributed by atoms with Crippen LogP contribution in [0.5, 0.6) is 5.75 Å². The molecule has 0 atom stereocenters. The normalized spacial score (nSPS) is 11.0. The van der Waals surface area contributed by atoms with Gasteiger partial charge in [0.05, 0.1) is 10.6 Å². The van der Waals surface area contributed by atoms with Gasteiger partial charge in [-0.2, -0.15) is 0 Å². The number of ether oxygens (including phenoxy) is 1. The lowest BCUT2D eigenvalue weighted by Crippen LogP contribution is -2.01. The van der Waals surface area contributed by atoms with E-state index in [1.165, 1.54) is 30.6 Å². The first-order chi connectivity index (χ1) is 14.0. The van der Waals surface area contributed by atoms with Crippen LogP contribution in [0.25, 0.3) is 22.2 Å². The number of carbonyl (C=O) groups is 1. The summed E-state index contributed by atoms with van der Waals surface area (Å²) in [5, 5.41) is 0.436. The molecule has 0 saturated heterocycles. The summed E-state index contributed by atoms with van der Waals surface area (Å²) < 4.78 is 48.4. The van der Waals surface area contributed by atoms with Crippen LogP contribution in [0, 0.1) is 17.5 Å². The van der Waals surface area contributed by atoms with Gasteiger partial charge in [0.1, 0.15) is 23.9 Å². The molecule has 2 aromatic carbocycles. The Morgan fingerprint density at radius 1 is 1.14 bits per heavy atom. The summed E-state index contributed by atoms with van der Waals surface area (Å²) in [7, 11) is 0. The molecule has 0 aliphatic rings. The molecular weight excluding hydrogens is 405 g/mol. The number of nitrogens with zero attached hydrogens (tertiary/aromatic N) is 1. The molecule has 4 aromatic rings. The van der Waals surface area contributed by atoms with E-state index in [0.29, 0.717) is 22.9 Å². The van der Waals surface area contributed by atoms with Gasteiger partial charge in [-0.15, -0.1) is 0 Å². The first-order valence-electron chi connectivity index (χ1n) is 8.46. The molecule has 8 heteroatoms. The molecule has 0 aliphatic heterocycles. The van der Waals surface area contributed by atoms with Gasteiger partial charge in [0.25, 0.3) is 0 Å². The summed E-state index contributed by atoms with van der Waals surface area (Å²) >= 11 is 5.96. The third-order valence-electron chi connectivity index (χ3n) is 4.45. The van der Waals surface area contributed by atoms with Crippen molar-refractivity contribution in [3.05, 3.63) is 82.4 Å². The van der Waals surface area contributed by atoms with Crippen molar-refractivity contribution in [3.63, 3.8) is 0 Å². The molecule has 2 heterocycles. The van der Waals surface area contributed by atoms with Crippen molar-refractivity contribution in [2.45, 2.75) is 6.61 Å². The second-order valence-electron chi connectivity index (χ2n) is 6.20. The number of aldehydes is 1. The molecule has 0 spiro atoms. The number of hydrogen-bond acceptors (Lipinski definition) is 3. The van der Waals surface area contributed by atoms with Crippen molar-refractivity contribution >= 4 is 28.9 Å². The molecule has 0 unspecified atom stereocenters. The lowest BCUT2D eigenvalue weighted by Gasteiger charge is -2.13. The largest absolute Gasteiger partial charge is 0.486 e. The molecular formula is C21H12ClF3N2O2. The van der Waals surface area contributed by atoms with Gasteiger partial charge in [-0.1, -0.05) is 17.7 Å². The van der Waals surface area contributed by atoms with Crippen LogP contribution < -0.4 is 4.74 Å².